The van der Waals surface area contributed by atoms with Crippen LogP contribution in [-0.4, -0.2) is 20.6 Å². The number of carbonyl (C=O) groups is 1. The fourth-order valence-electron chi connectivity index (χ4n) is 2.45. The van der Waals surface area contributed by atoms with Crippen LogP contribution in [0.3, 0.4) is 0 Å². The van der Waals surface area contributed by atoms with Crippen LogP contribution in [-0.2, 0) is 17.9 Å². The number of benzene rings is 1. The number of amides is 1. The summed E-state index contributed by atoms with van der Waals surface area (Å²) in [6.07, 6.45) is 2.42. The summed E-state index contributed by atoms with van der Waals surface area (Å²) in [5.41, 5.74) is 1.29. The van der Waals surface area contributed by atoms with E-state index in [9.17, 15) is 9.59 Å². The fourth-order valence-corrected chi connectivity index (χ4v) is 2.45. The van der Waals surface area contributed by atoms with Gasteiger partial charge in [-0.15, -0.1) is 0 Å². The smallest absolute Gasteiger partial charge is 0.261 e. The summed E-state index contributed by atoms with van der Waals surface area (Å²) < 4.78 is 6.48. The SMILES string of the molecule is Cc1cc(CNC(=O)CCCn2cnc3ccccc3c2=O)no1. The highest BCUT2D eigenvalue weighted by atomic mass is 16.5. The van der Waals surface area contributed by atoms with E-state index < -0.39 is 0 Å². The molecule has 0 saturated carbocycles. The van der Waals surface area contributed by atoms with E-state index in [2.05, 4.69) is 15.5 Å². The Labute approximate surface area is 138 Å². The molecule has 0 unspecified atom stereocenters. The Morgan fingerprint density at radius 2 is 2.17 bits per heavy atom. The number of hydrogen-bond acceptors (Lipinski definition) is 5. The second-order valence-corrected chi connectivity index (χ2v) is 5.57. The van der Waals surface area contributed by atoms with Gasteiger partial charge in [-0.05, 0) is 25.5 Å². The summed E-state index contributed by atoms with van der Waals surface area (Å²) >= 11 is 0. The molecule has 7 nitrogen and oxygen atoms in total. The van der Waals surface area contributed by atoms with E-state index in [0.29, 0.717) is 48.3 Å². The number of aromatic nitrogens is 3. The van der Waals surface area contributed by atoms with Gasteiger partial charge in [-0.2, -0.15) is 0 Å². The molecule has 0 aliphatic carbocycles. The molecule has 1 amide bonds. The van der Waals surface area contributed by atoms with Gasteiger partial charge in [0.25, 0.3) is 5.56 Å². The zero-order valence-electron chi connectivity index (χ0n) is 13.4. The molecule has 0 aliphatic rings. The molecular weight excluding hydrogens is 308 g/mol. The third kappa shape index (κ3) is 3.68. The van der Waals surface area contributed by atoms with E-state index in [-0.39, 0.29) is 11.5 Å². The molecule has 0 spiro atoms. The van der Waals surface area contributed by atoms with Crippen LogP contribution >= 0.6 is 0 Å². The molecule has 2 aromatic heterocycles. The standard InChI is InChI=1S/C17H18N4O3/c1-12-9-13(20-24-12)10-18-16(22)7-4-8-21-11-19-15-6-3-2-5-14(15)17(21)23/h2-3,5-6,9,11H,4,7-8,10H2,1H3,(H,18,22). The summed E-state index contributed by atoms with van der Waals surface area (Å²) in [4.78, 5) is 28.4. The average Bonchev–Trinajstić information content (AvgIpc) is 3.01. The van der Waals surface area contributed by atoms with Gasteiger partial charge in [0.1, 0.15) is 11.5 Å². The van der Waals surface area contributed by atoms with E-state index in [1.165, 1.54) is 10.9 Å². The Morgan fingerprint density at radius 1 is 1.33 bits per heavy atom. The Hall–Kier alpha value is -2.96. The number of carbonyl (C=O) groups excluding carboxylic acids is 1. The summed E-state index contributed by atoms with van der Waals surface area (Å²) in [5, 5.41) is 7.18. The highest BCUT2D eigenvalue weighted by Crippen LogP contribution is 2.05. The molecule has 3 rings (SSSR count). The van der Waals surface area contributed by atoms with E-state index in [4.69, 9.17) is 4.52 Å². The van der Waals surface area contributed by atoms with Crippen LogP contribution in [0.1, 0.15) is 24.3 Å². The van der Waals surface area contributed by atoms with Crippen molar-refractivity contribution in [3.05, 3.63) is 58.5 Å². The van der Waals surface area contributed by atoms with Crippen molar-refractivity contribution >= 4 is 16.8 Å². The van der Waals surface area contributed by atoms with Crippen LogP contribution in [0.4, 0.5) is 0 Å². The minimum atomic E-state index is -0.0857. The van der Waals surface area contributed by atoms with E-state index in [1.54, 1.807) is 25.1 Å². The van der Waals surface area contributed by atoms with Crippen molar-refractivity contribution in [3.63, 3.8) is 0 Å². The lowest BCUT2D eigenvalue weighted by molar-refractivity contribution is -0.121. The van der Waals surface area contributed by atoms with Gasteiger partial charge in [0.2, 0.25) is 5.91 Å². The topological polar surface area (TPSA) is 90.0 Å². The second kappa shape index (κ2) is 7.08. The van der Waals surface area contributed by atoms with E-state index in [0.717, 1.165) is 0 Å². The number of nitrogens with zero attached hydrogens (tertiary/aromatic N) is 3. The van der Waals surface area contributed by atoms with Crippen molar-refractivity contribution in [2.24, 2.45) is 0 Å². The van der Waals surface area contributed by atoms with Gasteiger partial charge in [-0.1, -0.05) is 17.3 Å². The number of para-hydroxylation sites is 1. The molecule has 124 valence electrons. The van der Waals surface area contributed by atoms with E-state index >= 15 is 0 Å². The van der Waals surface area contributed by atoms with Crippen molar-refractivity contribution in [1.29, 1.82) is 0 Å². The molecule has 0 saturated heterocycles. The summed E-state index contributed by atoms with van der Waals surface area (Å²) in [6, 6.07) is 9.00. The van der Waals surface area contributed by atoms with Gasteiger partial charge in [-0.3, -0.25) is 14.2 Å². The lowest BCUT2D eigenvalue weighted by atomic mass is 10.2. The summed E-state index contributed by atoms with van der Waals surface area (Å²) in [7, 11) is 0. The maximum Gasteiger partial charge on any atom is 0.261 e. The summed E-state index contributed by atoms with van der Waals surface area (Å²) in [6.45, 7) is 2.59. The maximum absolute atomic E-state index is 12.3. The number of fused-ring (bicyclic) bond motifs is 1. The van der Waals surface area contributed by atoms with Crippen molar-refractivity contribution in [2.45, 2.75) is 32.9 Å². The van der Waals surface area contributed by atoms with Crippen molar-refractivity contribution in [1.82, 2.24) is 20.0 Å². The zero-order valence-corrected chi connectivity index (χ0v) is 13.4. The minimum Gasteiger partial charge on any atom is -0.361 e. The average molecular weight is 326 g/mol. The van der Waals surface area contributed by atoms with Gasteiger partial charge >= 0.3 is 0 Å². The first kappa shape index (κ1) is 15.9. The van der Waals surface area contributed by atoms with Crippen molar-refractivity contribution in [2.75, 3.05) is 0 Å². The number of nitrogens with one attached hydrogen (secondary N) is 1. The molecule has 7 heteroatoms. The highest BCUT2D eigenvalue weighted by molar-refractivity contribution is 5.77. The molecule has 0 radical (unpaired) electrons. The first-order valence-corrected chi connectivity index (χ1v) is 7.76. The molecule has 2 heterocycles. The van der Waals surface area contributed by atoms with E-state index in [1.807, 2.05) is 12.1 Å². The van der Waals surface area contributed by atoms with Crippen LogP contribution in [0.2, 0.25) is 0 Å². The van der Waals surface area contributed by atoms with Gasteiger partial charge in [0.05, 0.1) is 23.8 Å². The molecule has 1 N–H and O–H groups in total. The van der Waals surface area contributed by atoms with Crippen molar-refractivity contribution in [3.8, 4) is 0 Å². The molecule has 0 atom stereocenters. The second-order valence-electron chi connectivity index (χ2n) is 5.57. The maximum atomic E-state index is 12.3. The molecule has 0 aliphatic heterocycles. The third-order valence-electron chi connectivity index (χ3n) is 3.68. The lowest BCUT2D eigenvalue weighted by Gasteiger charge is -2.07. The highest BCUT2D eigenvalue weighted by Gasteiger charge is 2.06. The van der Waals surface area contributed by atoms with Gasteiger partial charge in [0.15, 0.2) is 0 Å². The molecule has 0 bridgehead atoms. The monoisotopic (exact) mass is 326 g/mol. The first-order chi connectivity index (χ1) is 11.6. The molecule has 3 aromatic rings. The number of aryl methyl sites for hydroxylation is 2. The third-order valence-corrected chi connectivity index (χ3v) is 3.68. The van der Waals surface area contributed by atoms with Crippen LogP contribution < -0.4 is 10.9 Å². The van der Waals surface area contributed by atoms with Crippen LogP contribution in [0.15, 0.2) is 46.0 Å². The van der Waals surface area contributed by atoms with Crippen LogP contribution in [0.5, 0.6) is 0 Å². The lowest BCUT2D eigenvalue weighted by Crippen LogP contribution is -2.24. The van der Waals surface area contributed by atoms with Gasteiger partial charge in [-0.25, -0.2) is 4.98 Å². The molecule has 1 aromatic carbocycles. The Balaban J connectivity index is 1.52. The Bertz CT molecular complexity index is 913. The first-order valence-electron chi connectivity index (χ1n) is 7.76. The predicted molar refractivity (Wildman–Crippen MR) is 88.3 cm³/mol. The fraction of sp³-hybridized carbons (Fsp3) is 0.294. The largest absolute Gasteiger partial charge is 0.361 e. The Kier molecular flexibility index (Phi) is 4.69. The van der Waals surface area contributed by atoms with Crippen LogP contribution in [0.25, 0.3) is 10.9 Å². The van der Waals surface area contributed by atoms with Gasteiger partial charge < -0.3 is 9.84 Å². The quantitative estimate of drug-likeness (QED) is 0.746. The van der Waals surface area contributed by atoms with Crippen molar-refractivity contribution < 1.29 is 9.32 Å². The normalized spacial score (nSPS) is 10.9. The Morgan fingerprint density at radius 3 is 2.96 bits per heavy atom. The predicted octanol–water partition coefficient (Wildman–Crippen LogP) is 1.79. The summed E-state index contributed by atoms with van der Waals surface area (Å²) in [5.74, 6) is 0.625. The minimum absolute atomic E-state index is 0.0842. The van der Waals surface area contributed by atoms with Crippen LogP contribution in [0, 0.1) is 6.92 Å². The molecule has 24 heavy (non-hydrogen) atoms. The number of rotatable bonds is 6. The zero-order chi connectivity index (χ0) is 16.9. The number of hydrogen-bond donors (Lipinski definition) is 1. The molecule has 0 fully saturated rings. The van der Waals surface area contributed by atoms with Gasteiger partial charge in [0, 0.05) is 19.0 Å². The molecular formula is C17H18N4O3.